The van der Waals surface area contributed by atoms with E-state index in [1.54, 1.807) is 6.20 Å². The summed E-state index contributed by atoms with van der Waals surface area (Å²) in [6.07, 6.45) is 4.69. The highest BCUT2D eigenvalue weighted by Crippen LogP contribution is 2.25. The third-order valence-electron chi connectivity index (χ3n) is 4.44. The maximum Gasteiger partial charge on any atom is 0.264 e. The van der Waals surface area contributed by atoms with E-state index in [-0.39, 0.29) is 5.91 Å². The molecule has 1 amide bonds. The maximum atomic E-state index is 12.8. The van der Waals surface area contributed by atoms with Gasteiger partial charge in [0, 0.05) is 37.6 Å². The van der Waals surface area contributed by atoms with Crippen LogP contribution in [-0.2, 0) is 0 Å². The Morgan fingerprint density at radius 3 is 2.83 bits per heavy atom. The van der Waals surface area contributed by atoms with Crippen molar-refractivity contribution in [3.05, 3.63) is 45.9 Å². The standard InChI is InChI=1S/C18H22ClN3OS/c1-2-9-22(18(23)16-4-3-12-24-16)14-6-10-21(11-7-14)15-5-8-20-17(19)13-15/h3-5,8,12-14H,2,6-7,9-11H2,1H3. The molecule has 0 unspecified atom stereocenters. The number of hydrogen-bond donors (Lipinski definition) is 0. The lowest BCUT2D eigenvalue weighted by atomic mass is 10.0. The van der Waals surface area contributed by atoms with Gasteiger partial charge in [-0.15, -0.1) is 11.3 Å². The van der Waals surface area contributed by atoms with Gasteiger partial charge in [0.05, 0.1) is 4.88 Å². The van der Waals surface area contributed by atoms with Crippen LogP contribution in [0.1, 0.15) is 35.9 Å². The van der Waals surface area contributed by atoms with Crippen molar-refractivity contribution < 1.29 is 4.79 Å². The molecule has 6 heteroatoms. The van der Waals surface area contributed by atoms with Crippen molar-refractivity contribution >= 4 is 34.5 Å². The summed E-state index contributed by atoms with van der Waals surface area (Å²) in [6.45, 7) is 4.82. The molecule has 1 aliphatic rings. The van der Waals surface area contributed by atoms with Gasteiger partial charge in [0.1, 0.15) is 5.15 Å². The molecule has 1 fully saturated rings. The van der Waals surface area contributed by atoms with Crippen LogP contribution in [0.3, 0.4) is 0 Å². The first-order chi connectivity index (χ1) is 11.7. The predicted molar refractivity (Wildman–Crippen MR) is 100 cm³/mol. The Balaban J connectivity index is 1.66. The van der Waals surface area contributed by atoms with Gasteiger partial charge in [0.25, 0.3) is 5.91 Å². The normalized spacial score (nSPS) is 15.5. The van der Waals surface area contributed by atoms with Crippen LogP contribution in [0, 0.1) is 0 Å². The minimum atomic E-state index is 0.178. The lowest BCUT2D eigenvalue weighted by Crippen LogP contribution is -2.47. The summed E-state index contributed by atoms with van der Waals surface area (Å²) in [5.41, 5.74) is 1.11. The second kappa shape index (κ2) is 7.99. The molecule has 1 aliphatic heterocycles. The molecule has 0 N–H and O–H groups in total. The summed E-state index contributed by atoms with van der Waals surface area (Å²) >= 11 is 7.52. The number of hydrogen-bond acceptors (Lipinski definition) is 4. The fraction of sp³-hybridized carbons (Fsp3) is 0.444. The van der Waals surface area contributed by atoms with Crippen molar-refractivity contribution in [2.45, 2.75) is 32.2 Å². The Hall–Kier alpha value is -1.59. The lowest BCUT2D eigenvalue weighted by molar-refractivity contribution is 0.0655. The molecular formula is C18H22ClN3OS. The number of anilines is 1. The van der Waals surface area contributed by atoms with E-state index in [9.17, 15) is 4.79 Å². The van der Waals surface area contributed by atoms with Crippen molar-refractivity contribution in [3.63, 3.8) is 0 Å². The molecule has 0 atom stereocenters. The van der Waals surface area contributed by atoms with E-state index in [0.29, 0.717) is 11.2 Å². The molecule has 1 saturated heterocycles. The van der Waals surface area contributed by atoms with Crippen LogP contribution in [0.2, 0.25) is 5.15 Å². The summed E-state index contributed by atoms with van der Waals surface area (Å²) in [5.74, 6) is 0.178. The number of rotatable bonds is 5. The van der Waals surface area contributed by atoms with Gasteiger partial charge >= 0.3 is 0 Å². The Bertz CT molecular complexity index is 669. The fourth-order valence-electron chi connectivity index (χ4n) is 3.26. The minimum absolute atomic E-state index is 0.178. The van der Waals surface area contributed by atoms with Gasteiger partial charge < -0.3 is 9.80 Å². The molecule has 0 bridgehead atoms. The Labute approximate surface area is 152 Å². The summed E-state index contributed by atoms with van der Waals surface area (Å²) in [7, 11) is 0. The quantitative estimate of drug-likeness (QED) is 0.742. The first-order valence-corrected chi connectivity index (χ1v) is 9.65. The minimum Gasteiger partial charge on any atom is -0.371 e. The van der Waals surface area contributed by atoms with Gasteiger partial charge in [-0.05, 0) is 42.8 Å². The van der Waals surface area contributed by atoms with Crippen LogP contribution in [0.15, 0.2) is 35.8 Å². The third kappa shape index (κ3) is 3.90. The van der Waals surface area contributed by atoms with Crippen LogP contribution in [0.4, 0.5) is 5.69 Å². The number of nitrogens with zero attached hydrogens (tertiary/aromatic N) is 3. The van der Waals surface area contributed by atoms with Crippen LogP contribution < -0.4 is 4.90 Å². The average Bonchev–Trinajstić information content (AvgIpc) is 3.14. The zero-order valence-corrected chi connectivity index (χ0v) is 15.4. The van der Waals surface area contributed by atoms with Crippen molar-refractivity contribution in [1.82, 2.24) is 9.88 Å². The highest BCUT2D eigenvalue weighted by Gasteiger charge is 2.28. The molecular weight excluding hydrogens is 342 g/mol. The molecule has 0 radical (unpaired) electrons. The summed E-state index contributed by atoms with van der Waals surface area (Å²) < 4.78 is 0. The van der Waals surface area contributed by atoms with Gasteiger partial charge in [-0.3, -0.25) is 4.79 Å². The molecule has 0 aliphatic carbocycles. The summed E-state index contributed by atoms with van der Waals surface area (Å²) in [5, 5.41) is 2.49. The second-order valence-corrected chi connectivity index (χ2v) is 7.37. The number of halogens is 1. The molecule has 0 saturated carbocycles. The van der Waals surface area contributed by atoms with Gasteiger partial charge in [0.2, 0.25) is 0 Å². The van der Waals surface area contributed by atoms with Gasteiger partial charge in [-0.25, -0.2) is 4.98 Å². The van der Waals surface area contributed by atoms with Gasteiger partial charge in [-0.2, -0.15) is 0 Å². The Morgan fingerprint density at radius 1 is 1.42 bits per heavy atom. The summed E-state index contributed by atoms with van der Waals surface area (Å²) in [6, 6.07) is 8.07. The molecule has 3 rings (SSSR count). The van der Waals surface area contributed by atoms with E-state index in [1.807, 2.05) is 29.6 Å². The number of piperidine rings is 1. The molecule has 4 nitrogen and oxygen atoms in total. The first-order valence-electron chi connectivity index (χ1n) is 8.40. The van der Waals surface area contributed by atoms with Crippen LogP contribution in [0.5, 0.6) is 0 Å². The van der Waals surface area contributed by atoms with Crippen LogP contribution >= 0.6 is 22.9 Å². The average molecular weight is 364 g/mol. The molecule has 2 aromatic heterocycles. The van der Waals surface area contributed by atoms with Gasteiger partial charge in [-0.1, -0.05) is 24.6 Å². The monoisotopic (exact) mass is 363 g/mol. The van der Waals surface area contributed by atoms with Crippen molar-refractivity contribution in [1.29, 1.82) is 0 Å². The van der Waals surface area contributed by atoms with E-state index in [1.165, 1.54) is 11.3 Å². The van der Waals surface area contributed by atoms with E-state index < -0.39 is 0 Å². The molecule has 24 heavy (non-hydrogen) atoms. The van der Waals surface area contributed by atoms with E-state index in [4.69, 9.17) is 11.6 Å². The zero-order valence-electron chi connectivity index (χ0n) is 13.8. The Morgan fingerprint density at radius 2 is 2.21 bits per heavy atom. The predicted octanol–water partition coefficient (Wildman–Crippen LogP) is 4.32. The molecule has 0 spiro atoms. The van der Waals surface area contributed by atoms with Crippen LogP contribution in [-0.4, -0.2) is 41.5 Å². The van der Waals surface area contributed by atoms with Gasteiger partial charge in [0.15, 0.2) is 0 Å². The SMILES string of the molecule is CCCN(C(=O)c1cccs1)C1CCN(c2ccnc(Cl)c2)CC1. The molecule has 3 heterocycles. The zero-order chi connectivity index (χ0) is 16.9. The number of carbonyl (C=O) groups is 1. The number of carbonyl (C=O) groups excluding carboxylic acids is 1. The highest BCUT2D eigenvalue weighted by atomic mass is 35.5. The second-order valence-electron chi connectivity index (χ2n) is 6.03. The molecule has 2 aromatic rings. The lowest BCUT2D eigenvalue weighted by Gasteiger charge is -2.39. The molecule has 0 aromatic carbocycles. The van der Waals surface area contributed by atoms with Crippen LogP contribution in [0.25, 0.3) is 0 Å². The summed E-state index contributed by atoms with van der Waals surface area (Å²) in [4.78, 5) is 22.1. The van der Waals surface area contributed by atoms with E-state index in [2.05, 4.69) is 21.7 Å². The Kier molecular flexibility index (Phi) is 5.74. The number of thiophene rings is 1. The number of amides is 1. The fourth-order valence-corrected chi connectivity index (χ4v) is 4.10. The largest absolute Gasteiger partial charge is 0.371 e. The topological polar surface area (TPSA) is 36.4 Å². The van der Waals surface area contributed by atoms with Crippen molar-refractivity contribution in [2.24, 2.45) is 0 Å². The first kappa shape index (κ1) is 17.2. The number of pyridine rings is 1. The van der Waals surface area contributed by atoms with Crippen molar-refractivity contribution in [2.75, 3.05) is 24.5 Å². The van der Waals surface area contributed by atoms with E-state index >= 15 is 0 Å². The third-order valence-corrected chi connectivity index (χ3v) is 5.50. The maximum absolute atomic E-state index is 12.8. The number of aromatic nitrogens is 1. The van der Waals surface area contributed by atoms with E-state index in [0.717, 1.165) is 49.5 Å². The highest BCUT2D eigenvalue weighted by molar-refractivity contribution is 7.12. The smallest absolute Gasteiger partial charge is 0.264 e. The molecule has 128 valence electrons. The van der Waals surface area contributed by atoms with Crippen molar-refractivity contribution in [3.8, 4) is 0 Å².